The summed E-state index contributed by atoms with van der Waals surface area (Å²) < 4.78 is 5.37. The Kier molecular flexibility index (Phi) is 5.75. The first kappa shape index (κ1) is 21.1. The van der Waals surface area contributed by atoms with Crippen LogP contribution in [0.2, 0.25) is 5.02 Å². The molecule has 0 unspecified atom stereocenters. The maximum atomic E-state index is 13.4. The summed E-state index contributed by atoms with van der Waals surface area (Å²) in [6, 6.07) is 15.0. The first-order chi connectivity index (χ1) is 16.1. The fourth-order valence-corrected chi connectivity index (χ4v) is 4.15. The van der Waals surface area contributed by atoms with E-state index in [1.54, 1.807) is 25.4 Å². The minimum absolute atomic E-state index is 0.109. The van der Waals surface area contributed by atoms with Crippen LogP contribution < -0.4 is 4.90 Å². The number of anilines is 1. The average Bonchev–Trinajstić information content (AvgIpc) is 3.25. The second-order valence-electron chi connectivity index (χ2n) is 7.73. The molecule has 4 aromatic rings. The lowest BCUT2D eigenvalue weighted by Crippen LogP contribution is -2.49. The first-order valence-corrected chi connectivity index (χ1v) is 11.0. The van der Waals surface area contributed by atoms with Crippen LogP contribution in [0.25, 0.3) is 22.5 Å². The number of rotatable bonds is 4. The van der Waals surface area contributed by atoms with E-state index in [1.165, 1.54) is 0 Å². The Morgan fingerprint density at radius 1 is 0.970 bits per heavy atom. The number of halogens is 1. The van der Waals surface area contributed by atoms with E-state index in [-0.39, 0.29) is 5.91 Å². The molecule has 0 radical (unpaired) electrons. The van der Waals surface area contributed by atoms with Gasteiger partial charge in [-0.05, 0) is 37.3 Å². The second-order valence-corrected chi connectivity index (χ2v) is 8.14. The van der Waals surface area contributed by atoms with Crippen molar-refractivity contribution in [3.63, 3.8) is 0 Å². The van der Waals surface area contributed by atoms with E-state index in [1.807, 2.05) is 47.4 Å². The number of carbonyl (C=O) groups excluding carboxylic acids is 1. The number of nitrogens with zero attached hydrogens (tertiary/aromatic N) is 6. The van der Waals surface area contributed by atoms with Crippen molar-refractivity contribution in [2.24, 2.45) is 0 Å². The van der Waals surface area contributed by atoms with Gasteiger partial charge in [0.25, 0.3) is 5.91 Å². The zero-order valence-electron chi connectivity index (χ0n) is 18.0. The fraction of sp³-hybridized carbons (Fsp3) is 0.208. The average molecular weight is 461 g/mol. The van der Waals surface area contributed by atoms with Gasteiger partial charge in [-0.2, -0.15) is 0 Å². The molecule has 33 heavy (non-hydrogen) atoms. The number of piperazine rings is 1. The van der Waals surface area contributed by atoms with Gasteiger partial charge >= 0.3 is 0 Å². The summed E-state index contributed by atoms with van der Waals surface area (Å²) in [6.07, 6.45) is 3.46. The maximum absolute atomic E-state index is 13.4. The third-order valence-electron chi connectivity index (χ3n) is 5.72. The van der Waals surface area contributed by atoms with E-state index < -0.39 is 0 Å². The number of pyridine rings is 1. The molecule has 1 fully saturated rings. The lowest BCUT2D eigenvalue weighted by Gasteiger charge is -2.35. The second kappa shape index (κ2) is 8.99. The Morgan fingerprint density at radius 3 is 2.42 bits per heavy atom. The lowest BCUT2D eigenvalue weighted by molar-refractivity contribution is 0.0745. The van der Waals surface area contributed by atoms with Crippen molar-refractivity contribution in [1.29, 1.82) is 0 Å². The first-order valence-electron chi connectivity index (χ1n) is 10.6. The topological polar surface area (TPSA) is 88.3 Å². The van der Waals surface area contributed by atoms with E-state index in [0.717, 1.165) is 17.1 Å². The Labute approximate surface area is 195 Å². The minimum Gasteiger partial charge on any atom is -0.360 e. The number of hydrogen-bond donors (Lipinski definition) is 0. The van der Waals surface area contributed by atoms with Crippen LogP contribution in [0.1, 0.15) is 16.1 Å². The molecule has 4 heterocycles. The normalized spacial score (nSPS) is 13.9. The summed E-state index contributed by atoms with van der Waals surface area (Å²) in [7, 11) is 0. The Hall–Kier alpha value is -3.78. The molecule has 0 atom stereocenters. The molecule has 1 aliphatic heterocycles. The van der Waals surface area contributed by atoms with Crippen molar-refractivity contribution in [2.45, 2.75) is 6.92 Å². The standard InChI is InChI=1S/C24H21ClN6O2/c1-16-22(23(29-33-16)18-4-2-3-5-19(18)25)24(32)31-14-12-30(13-15-31)21-7-6-20(27-28-21)17-8-10-26-11-9-17/h2-11H,12-15H2,1H3. The van der Waals surface area contributed by atoms with E-state index in [0.29, 0.717) is 53.8 Å². The number of aromatic nitrogens is 4. The number of carbonyl (C=O) groups is 1. The van der Waals surface area contributed by atoms with Gasteiger partial charge in [0.2, 0.25) is 0 Å². The molecule has 0 saturated carbocycles. The van der Waals surface area contributed by atoms with Crippen LogP contribution in [0, 0.1) is 6.92 Å². The molecule has 1 saturated heterocycles. The molecule has 166 valence electrons. The molecule has 0 bridgehead atoms. The van der Waals surface area contributed by atoms with Gasteiger partial charge in [0.05, 0.1) is 10.7 Å². The van der Waals surface area contributed by atoms with Crippen LogP contribution in [0.5, 0.6) is 0 Å². The van der Waals surface area contributed by atoms with Crippen LogP contribution in [-0.2, 0) is 0 Å². The summed E-state index contributed by atoms with van der Waals surface area (Å²) in [4.78, 5) is 21.3. The summed E-state index contributed by atoms with van der Waals surface area (Å²) in [6.45, 7) is 4.16. The van der Waals surface area contributed by atoms with Crippen molar-refractivity contribution >= 4 is 23.3 Å². The van der Waals surface area contributed by atoms with Gasteiger partial charge in [0.1, 0.15) is 17.0 Å². The summed E-state index contributed by atoms with van der Waals surface area (Å²) in [5.74, 6) is 1.16. The Bertz CT molecular complexity index is 1270. The molecule has 3 aromatic heterocycles. The van der Waals surface area contributed by atoms with Crippen LogP contribution >= 0.6 is 11.6 Å². The smallest absolute Gasteiger partial charge is 0.259 e. The maximum Gasteiger partial charge on any atom is 0.259 e. The highest BCUT2D eigenvalue weighted by molar-refractivity contribution is 6.33. The molecule has 0 N–H and O–H groups in total. The highest BCUT2D eigenvalue weighted by atomic mass is 35.5. The van der Waals surface area contributed by atoms with Gasteiger partial charge in [-0.1, -0.05) is 35.0 Å². The van der Waals surface area contributed by atoms with Crippen molar-refractivity contribution < 1.29 is 9.32 Å². The van der Waals surface area contributed by atoms with Crippen molar-refractivity contribution in [2.75, 3.05) is 31.1 Å². The molecule has 1 amide bonds. The molecule has 9 heteroatoms. The number of aryl methyl sites for hydroxylation is 1. The van der Waals surface area contributed by atoms with E-state index >= 15 is 0 Å². The van der Waals surface area contributed by atoms with Crippen LogP contribution in [0.3, 0.4) is 0 Å². The molecule has 1 aliphatic rings. The van der Waals surface area contributed by atoms with E-state index in [2.05, 4.69) is 25.2 Å². The van der Waals surface area contributed by atoms with Crippen LogP contribution in [0.4, 0.5) is 5.82 Å². The zero-order valence-corrected chi connectivity index (χ0v) is 18.7. The molecule has 0 spiro atoms. The molecule has 0 aliphatic carbocycles. The molecule has 5 rings (SSSR count). The molecule has 8 nitrogen and oxygen atoms in total. The number of amides is 1. The van der Waals surface area contributed by atoms with Gasteiger partial charge in [0.15, 0.2) is 5.82 Å². The monoisotopic (exact) mass is 460 g/mol. The van der Waals surface area contributed by atoms with Gasteiger partial charge in [-0.25, -0.2) is 0 Å². The van der Waals surface area contributed by atoms with E-state index in [9.17, 15) is 4.79 Å². The summed E-state index contributed by atoms with van der Waals surface area (Å²) in [5, 5.41) is 13.4. The highest BCUT2D eigenvalue weighted by Gasteiger charge is 2.29. The van der Waals surface area contributed by atoms with Crippen LogP contribution in [0.15, 0.2) is 65.4 Å². The third kappa shape index (κ3) is 4.17. The van der Waals surface area contributed by atoms with E-state index in [4.69, 9.17) is 16.1 Å². The number of benzene rings is 1. The van der Waals surface area contributed by atoms with Crippen molar-refractivity contribution in [3.8, 4) is 22.5 Å². The number of hydrogen-bond acceptors (Lipinski definition) is 7. The van der Waals surface area contributed by atoms with Gasteiger partial charge in [-0.15, -0.1) is 10.2 Å². The minimum atomic E-state index is -0.109. The zero-order chi connectivity index (χ0) is 22.8. The SMILES string of the molecule is Cc1onc(-c2ccccc2Cl)c1C(=O)N1CCN(c2ccc(-c3ccncc3)nn2)CC1. The quantitative estimate of drug-likeness (QED) is 0.452. The Morgan fingerprint density at radius 2 is 1.73 bits per heavy atom. The predicted octanol–water partition coefficient (Wildman–Crippen LogP) is 4.12. The predicted molar refractivity (Wildman–Crippen MR) is 125 cm³/mol. The van der Waals surface area contributed by atoms with Crippen LogP contribution in [-0.4, -0.2) is 57.3 Å². The molecular formula is C24H21ClN6O2. The highest BCUT2D eigenvalue weighted by Crippen LogP contribution is 2.32. The summed E-state index contributed by atoms with van der Waals surface area (Å²) >= 11 is 6.34. The summed E-state index contributed by atoms with van der Waals surface area (Å²) in [5.41, 5.74) is 3.38. The molecular weight excluding hydrogens is 440 g/mol. The Balaban J connectivity index is 1.29. The lowest BCUT2D eigenvalue weighted by atomic mass is 10.0. The van der Waals surface area contributed by atoms with Crippen molar-refractivity contribution in [3.05, 3.63) is 77.3 Å². The van der Waals surface area contributed by atoms with Gasteiger partial charge in [0, 0.05) is 49.7 Å². The van der Waals surface area contributed by atoms with Gasteiger partial charge < -0.3 is 14.3 Å². The largest absolute Gasteiger partial charge is 0.360 e. The molecule has 1 aromatic carbocycles. The third-order valence-corrected chi connectivity index (χ3v) is 6.05. The van der Waals surface area contributed by atoms with Gasteiger partial charge in [-0.3, -0.25) is 9.78 Å². The fourth-order valence-electron chi connectivity index (χ4n) is 3.93. The van der Waals surface area contributed by atoms with Crippen molar-refractivity contribution in [1.82, 2.24) is 25.2 Å².